The standard InChI is InChI=1S/C27H40N3O4S/c1-6-8-9-10-11-16-29(25(32)18-30-23(7-2)28-20(5)17-24(30)31)21-12-14-22(15-13-21)35-26(19(3)4)27(33)34/h12-15,17,19,26-27,33H,6-11,16,18H2,1-5H3/q-1. The molecular formula is C27H40N3O4S-. The maximum Gasteiger partial charge on any atom is 0.254 e. The summed E-state index contributed by atoms with van der Waals surface area (Å²) >= 11 is 1.35. The Hall–Kier alpha value is -2.16. The molecule has 0 radical (unpaired) electrons. The van der Waals surface area contributed by atoms with E-state index in [2.05, 4.69) is 11.9 Å². The maximum absolute atomic E-state index is 13.4. The number of hydrogen-bond donors (Lipinski definition) is 1. The predicted molar refractivity (Wildman–Crippen MR) is 141 cm³/mol. The second kappa shape index (κ2) is 14.4. The van der Waals surface area contributed by atoms with Gasteiger partial charge in [-0.25, -0.2) is 4.98 Å². The van der Waals surface area contributed by atoms with E-state index in [1.54, 1.807) is 11.8 Å². The van der Waals surface area contributed by atoms with Crippen molar-refractivity contribution in [2.75, 3.05) is 11.4 Å². The van der Waals surface area contributed by atoms with E-state index in [4.69, 9.17) is 0 Å². The van der Waals surface area contributed by atoms with E-state index in [0.29, 0.717) is 24.5 Å². The van der Waals surface area contributed by atoms with Gasteiger partial charge in [-0.15, -0.1) is 11.8 Å². The van der Waals surface area contributed by atoms with Crippen LogP contribution in [-0.4, -0.2) is 38.6 Å². The minimum absolute atomic E-state index is 0.0302. The SMILES string of the molecule is CCCCCCCN(C(=O)Cn1c(CC)nc(C)cc1=O)c1ccc(SC(C(C)C)C([O-])O)cc1. The lowest BCUT2D eigenvalue weighted by Gasteiger charge is -2.30. The molecule has 0 aliphatic carbocycles. The molecule has 1 amide bonds. The largest absolute Gasteiger partial charge is 0.830 e. The summed E-state index contributed by atoms with van der Waals surface area (Å²) in [7, 11) is 0. The number of aliphatic hydroxyl groups is 1. The Morgan fingerprint density at radius 3 is 2.37 bits per heavy atom. The third-order valence-electron chi connectivity index (χ3n) is 5.97. The lowest BCUT2D eigenvalue weighted by atomic mass is 10.1. The maximum atomic E-state index is 13.4. The summed E-state index contributed by atoms with van der Waals surface area (Å²) in [5, 5.41) is 20.8. The second-order valence-electron chi connectivity index (χ2n) is 9.26. The van der Waals surface area contributed by atoms with E-state index in [1.165, 1.54) is 28.8 Å². The summed E-state index contributed by atoms with van der Waals surface area (Å²) in [5.74, 6) is 0.481. The Bertz CT molecular complexity index is 981. The average Bonchev–Trinajstić information content (AvgIpc) is 2.81. The first-order chi connectivity index (χ1) is 16.7. The molecule has 2 aromatic rings. The van der Waals surface area contributed by atoms with Crippen LogP contribution in [0.1, 0.15) is 71.3 Å². The van der Waals surface area contributed by atoms with E-state index in [-0.39, 0.29) is 23.9 Å². The first-order valence-electron chi connectivity index (χ1n) is 12.7. The van der Waals surface area contributed by atoms with E-state index >= 15 is 0 Å². The molecule has 0 spiro atoms. The average molecular weight is 503 g/mol. The summed E-state index contributed by atoms with van der Waals surface area (Å²) in [4.78, 5) is 33.1. The number of nitrogens with zero attached hydrogens (tertiary/aromatic N) is 3. The van der Waals surface area contributed by atoms with Gasteiger partial charge in [0.2, 0.25) is 5.91 Å². The molecule has 2 unspecified atom stereocenters. The molecule has 1 aromatic carbocycles. The van der Waals surface area contributed by atoms with E-state index in [0.717, 1.165) is 36.3 Å². The monoisotopic (exact) mass is 502 g/mol. The van der Waals surface area contributed by atoms with E-state index < -0.39 is 11.5 Å². The van der Waals surface area contributed by atoms with Gasteiger partial charge < -0.3 is 15.1 Å². The van der Waals surface area contributed by atoms with Crippen LogP contribution in [0.4, 0.5) is 5.69 Å². The minimum Gasteiger partial charge on any atom is -0.830 e. The Balaban J connectivity index is 2.25. The molecule has 0 aliphatic heterocycles. The van der Waals surface area contributed by atoms with Crippen molar-refractivity contribution in [1.82, 2.24) is 9.55 Å². The molecule has 194 valence electrons. The fourth-order valence-electron chi connectivity index (χ4n) is 4.00. The van der Waals surface area contributed by atoms with Crippen LogP contribution in [0, 0.1) is 12.8 Å². The highest BCUT2D eigenvalue weighted by atomic mass is 32.2. The third-order valence-corrected chi connectivity index (χ3v) is 7.56. The number of hydrogen-bond acceptors (Lipinski definition) is 6. The Morgan fingerprint density at radius 2 is 1.80 bits per heavy atom. The highest BCUT2D eigenvalue weighted by Crippen LogP contribution is 2.31. The van der Waals surface area contributed by atoms with Crippen LogP contribution in [0.3, 0.4) is 0 Å². The number of carbonyl (C=O) groups is 1. The molecular weight excluding hydrogens is 462 g/mol. The topological polar surface area (TPSA) is 98.5 Å². The Labute approximate surface area is 213 Å². The molecule has 8 heteroatoms. The fraction of sp³-hybridized carbons (Fsp3) is 0.593. The molecule has 1 aromatic heterocycles. The number of unbranched alkanes of at least 4 members (excludes halogenated alkanes) is 4. The van der Waals surface area contributed by atoms with Crippen LogP contribution >= 0.6 is 11.8 Å². The molecule has 0 fully saturated rings. The number of anilines is 1. The molecule has 0 saturated carbocycles. The van der Waals surface area contributed by atoms with Crippen LogP contribution in [0.15, 0.2) is 40.0 Å². The van der Waals surface area contributed by atoms with Gasteiger partial charge in [-0.1, -0.05) is 53.4 Å². The van der Waals surface area contributed by atoms with Gasteiger partial charge in [0.05, 0.1) is 0 Å². The van der Waals surface area contributed by atoms with Crippen molar-refractivity contribution in [3.05, 3.63) is 52.2 Å². The molecule has 2 atom stereocenters. The first kappa shape index (κ1) is 29.1. The zero-order valence-electron chi connectivity index (χ0n) is 21.7. The van der Waals surface area contributed by atoms with Gasteiger partial charge in [0.15, 0.2) is 0 Å². The number of thioether (sulfide) groups is 1. The minimum atomic E-state index is -1.66. The van der Waals surface area contributed by atoms with Crippen molar-refractivity contribution >= 4 is 23.4 Å². The van der Waals surface area contributed by atoms with Crippen molar-refractivity contribution in [2.24, 2.45) is 5.92 Å². The molecule has 7 nitrogen and oxygen atoms in total. The molecule has 2 rings (SSSR count). The zero-order valence-corrected chi connectivity index (χ0v) is 22.5. The van der Waals surface area contributed by atoms with Crippen LogP contribution in [0.5, 0.6) is 0 Å². The van der Waals surface area contributed by atoms with Crippen molar-refractivity contribution < 1.29 is 15.0 Å². The number of amides is 1. The van der Waals surface area contributed by atoms with Gasteiger partial charge in [0.1, 0.15) is 12.4 Å². The summed E-state index contributed by atoms with van der Waals surface area (Å²) in [6.07, 6.45) is 4.28. The number of rotatable bonds is 14. The number of benzene rings is 1. The number of aromatic nitrogens is 2. The molecule has 0 saturated heterocycles. The summed E-state index contributed by atoms with van der Waals surface area (Å²) in [5.41, 5.74) is 1.19. The van der Waals surface area contributed by atoms with Gasteiger partial charge in [-0.3, -0.25) is 14.2 Å². The van der Waals surface area contributed by atoms with Gasteiger partial charge in [-0.05, 0) is 49.8 Å². The van der Waals surface area contributed by atoms with Crippen molar-refractivity contribution in [2.45, 2.75) is 96.1 Å². The van der Waals surface area contributed by atoms with E-state index in [9.17, 15) is 19.8 Å². The molecule has 1 heterocycles. The highest BCUT2D eigenvalue weighted by molar-refractivity contribution is 8.00. The van der Waals surface area contributed by atoms with Gasteiger partial charge >= 0.3 is 0 Å². The van der Waals surface area contributed by atoms with Crippen LogP contribution in [-0.2, 0) is 17.8 Å². The number of carbonyl (C=O) groups excluding carboxylic acids is 1. The van der Waals surface area contributed by atoms with Crippen molar-refractivity contribution in [3.8, 4) is 0 Å². The van der Waals surface area contributed by atoms with Gasteiger partial charge in [-0.2, -0.15) is 0 Å². The second-order valence-corrected chi connectivity index (χ2v) is 10.5. The third kappa shape index (κ3) is 8.78. The van der Waals surface area contributed by atoms with Crippen LogP contribution in [0.2, 0.25) is 0 Å². The highest BCUT2D eigenvalue weighted by Gasteiger charge is 2.20. The normalized spacial score (nSPS) is 13.1. The summed E-state index contributed by atoms with van der Waals surface area (Å²) < 4.78 is 1.46. The predicted octanol–water partition coefficient (Wildman–Crippen LogP) is 3.91. The molecule has 0 aliphatic rings. The lowest BCUT2D eigenvalue weighted by molar-refractivity contribution is -0.482. The number of aryl methyl sites for hydroxylation is 2. The quantitative estimate of drug-likeness (QED) is 0.239. The fourth-order valence-corrected chi connectivity index (χ4v) is 4.99. The van der Waals surface area contributed by atoms with Gasteiger partial charge in [0, 0.05) is 40.6 Å². The molecule has 35 heavy (non-hydrogen) atoms. The van der Waals surface area contributed by atoms with Crippen LogP contribution < -0.4 is 15.6 Å². The summed E-state index contributed by atoms with van der Waals surface area (Å²) in [6.45, 7) is 10.2. The first-order valence-corrected chi connectivity index (χ1v) is 13.5. The Morgan fingerprint density at radius 1 is 1.14 bits per heavy atom. The number of aliphatic hydroxyl groups excluding tert-OH is 1. The zero-order chi connectivity index (χ0) is 26.0. The molecule has 1 N–H and O–H groups in total. The van der Waals surface area contributed by atoms with Crippen LogP contribution in [0.25, 0.3) is 0 Å². The van der Waals surface area contributed by atoms with Crippen molar-refractivity contribution in [3.63, 3.8) is 0 Å². The van der Waals surface area contributed by atoms with Gasteiger partial charge in [0.25, 0.3) is 5.56 Å². The van der Waals surface area contributed by atoms with Crippen molar-refractivity contribution in [1.29, 1.82) is 0 Å². The summed E-state index contributed by atoms with van der Waals surface area (Å²) in [6, 6.07) is 8.97. The lowest BCUT2D eigenvalue weighted by Crippen LogP contribution is -2.39. The molecule has 0 bridgehead atoms. The van der Waals surface area contributed by atoms with E-state index in [1.807, 2.05) is 45.0 Å². The Kier molecular flexibility index (Phi) is 12.0. The smallest absolute Gasteiger partial charge is 0.254 e.